The van der Waals surface area contributed by atoms with Crippen LogP contribution in [0.5, 0.6) is 0 Å². The van der Waals surface area contributed by atoms with Crippen LogP contribution in [0, 0.1) is 6.92 Å². The highest BCUT2D eigenvalue weighted by molar-refractivity contribution is 7.06. The minimum Gasteiger partial charge on any atom is -0.383 e. The van der Waals surface area contributed by atoms with E-state index in [0.29, 0.717) is 0 Å². The third kappa shape index (κ3) is 3.63. The number of benzene rings is 1. The summed E-state index contributed by atoms with van der Waals surface area (Å²) in [6.45, 7) is 4.56. The van der Waals surface area contributed by atoms with Gasteiger partial charge in [-0.15, -0.1) is 0 Å². The minimum atomic E-state index is 0.740. The monoisotopic (exact) mass is 262 g/mol. The maximum absolute atomic E-state index is 4.99. The lowest BCUT2D eigenvalue weighted by Crippen LogP contribution is -2.17. The molecule has 2 rings (SSSR count). The standard InChI is InChI=1S/C14H18N2OS/c1-11-4-3-5-12(8-11)14-9-13(18-16-14)10-15-6-7-17-2/h3-5,8-9,15H,6-7,10H2,1-2H3. The Morgan fingerprint density at radius 3 is 3.00 bits per heavy atom. The van der Waals surface area contributed by atoms with Crippen molar-refractivity contribution < 1.29 is 4.74 Å². The normalized spacial score (nSPS) is 10.8. The second-order valence-electron chi connectivity index (χ2n) is 4.22. The lowest BCUT2D eigenvalue weighted by Gasteiger charge is -2.00. The number of nitrogens with zero attached hydrogens (tertiary/aromatic N) is 1. The molecule has 0 saturated carbocycles. The highest BCUT2D eigenvalue weighted by atomic mass is 32.1. The number of hydrogen-bond acceptors (Lipinski definition) is 4. The second-order valence-corrected chi connectivity index (χ2v) is 5.11. The number of methoxy groups -OCH3 is 1. The Balaban J connectivity index is 1.97. The zero-order valence-electron chi connectivity index (χ0n) is 10.8. The van der Waals surface area contributed by atoms with E-state index in [0.717, 1.165) is 25.4 Å². The molecular weight excluding hydrogens is 244 g/mol. The molecule has 2 aromatic rings. The first-order valence-electron chi connectivity index (χ1n) is 6.02. The summed E-state index contributed by atoms with van der Waals surface area (Å²) in [5.74, 6) is 0. The number of hydrogen-bond donors (Lipinski definition) is 1. The summed E-state index contributed by atoms with van der Waals surface area (Å²) in [6, 6.07) is 10.6. The summed E-state index contributed by atoms with van der Waals surface area (Å²) in [5, 5.41) is 3.32. The summed E-state index contributed by atoms with van der Waals surface area (Å²) < 4.78 is 9.49. The van der Waals surface area contributed by atoms with Gasteiger partial charge in [0.15, 0.2) is 0 Å². The molecule has 1 N–H and O–H groups in total. The fourth-order valence-electron chi connectivity index (χ4n) is 1.72. The Bertz CT molecular complexity index is 496. The summed E-state index contributed by atoms with van der Waals surface area (Å²) in [5.41, 5.74) is 3.52. The van der Waals surface area contributed by atoms with E-state index in [9.17, 15) is 0 Å². The molecule has 96 valence electrons. The van der Waals surface area contributed by atoms with Crippen molar-refractivity contribution in [1.29, 1.82) is 0 Å². The smallest absolute Gasteiger partial charge is 0.0844 e. The van der Waals surface area contributed by atoms with Crippen LogP contribution in [0.2, 0.25) is 0 Å². The molecule has 18 heavy (non-hydrogen) atoms. The molecule has 0 radical (unpaired) electrons. The summed E-state index contributed by atoms with van der Waals surface area (Å²) in [4.78, 5) is 1.25. The summed E-state index contributed by atoms with van der Waals surface area (Å²) >= 11 is 1.55. The molecule has 0 saturated heterocycles. The van der Waals surface area contributed by atoms with Crippen LogP contribution in [0.15, 0.2) is 30.3 Å². The predicted octanol–water partition coefficient (Wildman–Crippen LogP) is 2.85. The average molecular weight is 262 g/mol. The van der Waals surface area contributed by atoms with Crippen LogP contribution >= 0.6 is 11.5 Å². The van der Waals surface area contributed by atoms with E-state index in [-0.39, 0.29) is 0 Å². The Hall–Kier alpha value is -1.23. The maximum Gasteiger partial charge on any atom is 0.0844 e. The van der Waals surface area contributed by atoms with Gasteiger partial charge in [0.2, 0.25) is 0 Å². The fourth-order valence-corrected chi connectivity index (χ4v) is 2.43. The van der Waals surface area contributed by atoms with Crippen LogP contribution in [-0.2, 0) is 11.3 Å². The highest BCUT2D eigenvalue weighted by Crippen LogP contribution is 2.22. The number of ether oxygens (including phenoxy) is 1. The molecule has 0 fully saturated rings. The van der Waals surface area contributed by atoms with Gasteiger partial charge in [0.25, 0.3) is 0 Å². The van der Waals surface area contributed by atoms with Crippen molar-refractivity contribution in [3.8, 4) is 11.3 Å². The van der Waals surface area contributed by atoms with E-state index >= 15 is 0 Å². The van der Waals surface area contributed by atoms with E-state index in [1.54, 1.807) is 18.6 Å². The van der Waals surface area contributed by atoms with Crippen molar-refractivity contribution in [1.82, 2.24) is 9.69 Å². The van der Waals surface area contributed by atoms with Gasteiger partial charge in [-0.1, -0.05) is 23.8 Å². The molecule has 3 nitrogen and oxygen atoms in total. The Morgan fingerprint density at radius 2 is 2.22 bits per heavy atom. The molecule has 1 heterocycles. The molecule has 4 heteroatoms. The maximum atomic E-state index is 4.99. The highest BCUT2D eigenvalue weighted by Gasteiger charge is 2.04. The second kappa shape index (κ2) is 6.64. The van der Waals surface area contributed by atoms with Gasteiger partial charge in [-0.3, -0.25) is 0 Å². The van der Waals surface area contributed by atoms with Crippen LogP contribution in [-0.4, -0.2) is 24.6 Å². The first-order valence-corrected chi connectivity index (χ1v) is 6.79. The van der Waals surface area contributed by atoms with Gasteiger partial charge in [0.1, 0.15) is 0 Å². The molecule has 1 aromatic heterocycles. The van der Waals surface area contributed by atoms with E-state index in [2.05, 4.69) is 46.9 Å². The predicted molar refractivity (Wildman–Crippen MR) is 75.9 cm³/mol. The van der Waals surface area contributed by atoms with E-state index in [1.165, 1.54) is 16.0 Å². The first-order chi connectivity index (χ1) is 8.79. The molecular formula is C14H18N2OS. The van der Waals surface area contributed by atoms with Crippen LogP contribution in [0.1, 0.15) is 10.4 Å². The van der Waals surface area contributed by atoms with Crippen LogP contribution in [0.25, 0.3) is 11.3 Å². The van der Waals surface area contributed by atoms with Crippen molar-refractivity contribution in [3.63, 3.8) is 0 Å². The Labute approximate surface area is 112 Å². The number of aromatic nitrogens is 1. The van der Waals surface area contributed by atoms with Crippen molar-refractivity contribution in [2.24, 2.45) is 0 Å². The molecule has 0 amide bonds. The molecule has 1 aromatic carbocycles. The first kappa shape index (κ1) is 13.2. The minimum absolute atomic E-state index is 0.740. The van der Waals surface area contributed by atoms with E-state index < -0.39 is 0 Å². The van der Waals surface area contributed by atoms with E-state index in [1.807, 2.05) is 0 Å². The number of aryl methyl sites for hydroxylation is 1. The zero-order valence-corrected chi connectivity index (χ0v) is 11.6. The van der Waals surface area contributed by atoms with Crippen molar-refractivity contribution >= 4 is 11.5 Å². The van der Waals surface area contributed by atoms with Crippen LogP contribution < -0.4 is 5.32 Å². The summed E-state index contributed by atoms with van der Waals surface area (Å²) in [6.07, 6.45) is 0. The molecule has 0 aliphatic heterocycles. The molecule has 0 aliphatic carbocycles. The molecule has 0 spiro atoms. The molecule has 0 aliphatic rings. The lowest BCUT2D eigenvalue weighted by atomic mass is 10.1. The average Bonchev–Trinajstić information content (AvgIpc) is 2.83. The topological polar surface area (TPSA) is 34.1 Å². The third-order valence-electron chi connectivity index (χ3n) is 2.65. The van der Waals surface area contributed by atoms with Crippen LogP contribution in [0.3, 0.4) is 0 Å². The van der Waals surface area contributed by atoms with Gasteiger partial charge in [-0.05, 0) is 30.6 Å². The SMILES string of the molecule is COCCNCc1cc(-c2cccc(C)c2)ns1. The van der Waals surface area contributed by atoms with Gasteiger partial charge in [-0.2, -0.15) is 4.37 Å². The van der Waals surface area contributed by atoms with Crippen molar-refractivity contribution in [2.45, 2.75) is 13.5 Å². The lowest BCUT2D eigenvalue weighted by molar-refractivity contribution is 0.199. The summed E-state index contributed by atoms with van der Waals surface area (Å²) in [7, 11) is 1.71. The Morgan fingerprint density at radius 1 is 1.33 bits per heavy atom. The fraction of sp³-hybridized carbons (Fsp3) is 0.357. The van der Waals surface area contributed by atoms with Gasteiger partial charge in [0, 0.05) is 30.6 Å². The molecule has 0 bridgehead atoms. The van der Waals surface area contributed by atoms with Crippen LogP contribution in [0.4, 0.5) is 0 Å². The van der Waals surface area contributed by atoms with Gasteiger partial charge < -0.3 is 10.1 Å². The zero-order chi connectivity index (χ0) is 12.8. The van der Waals surface area contributed by atoms with Gasteiger partial charge in [-0.25, -0.2) is 0 Å². The molecule has 0 atom stereocenters. The largest absolute Gasteiger partial charge is 0.383 e. The third-order valence-corrected chi connectivity index (χ3v) is 3.44. The number of rotatable bonds is 6. The van der Waals surface area contributed by atoms with Gasteiger partial charge >= 0.3 is 0 Å². The van der Waals surface area contributed by atoms with Crippen molar-refractivity contribution in [3.05, 3.63) is 40.8 Å². The van der Waals surface area contributed by atoms with E-state index in [4.69, 9.17) is 4.74 Å². The Kier molecular flexibility index (Phi) is 4.87. The van der Waals surface area contributed by atoms with Crippen molar-refractivity contribution in [2.75, 3.05) is 20.3 Å². The molecule has 0 unspecified atom stereocenters. The van der Waals surface area contributed by atoms with Gasteiger partial charge in [0.05, 0.1) is 12.3 Å². The quantitative estimate of drug-likeness (QED) is 0.813. The number of nitrogens with one attached hydrogen (secondary N) is 1.